The molecule has 0 unspecified atom stereocenters. The van der Waals surface area contributed by atoms with E-state index in [9.17, 15) is 4.79 Å². The van der Waals surface area contributed by atoms with Crippen molar-refractivity contribution in [3.63, 3.8) is 0 Å². The highest BCUT2D eigenvalue weighted by Crippen LogP contribution is 2.82. The van der Waals surface area contributed by atoms with Crippen LogP contribution in [0.1, 0.15) is 37.8 Å². The molecule has 0 aliphatic heterocycles. The van der Waals surface area contributed by atoms with Crippen LogP contribution in [-0.2, 0) is 4.79 Å². The first-order valence-electron chi connectivity index (χ1n) is 7.92. The largest absolute Gasteiger partial charge is 0.325 e. The summed E-state index contributed by atoms with van der Waals surface area (Å²) in [7, 11) is 0. The van der Waals surface area contributed by atoms with Gasteiger partial charge in [0.25, 0.3) is 0 Å². The van der Waals surface area contributed by atoms with Gasteiger partial charge in [-0.15, -0.1) is 0 Å². The van der Waals surface area contributed by atoms with Crippen LogP contribution >= 0.6 is 47.8 Å². The van der Waals surface area contributed by atoms with Gasteiger partial charge in [-0.25, -0.2) is 0 Å². The molecule has 1 aromatic carbocycles. The lowest BCUT2D eigenvalue weighted by atomic mass is 9.43. The zero-order valence-electron chi connectivity index (χ0n) is 13.8. The van der Waals surface area contributed by atoms with Gasteiger partial charge < -0.3 is 5.32 Å². The Labute approximate surface area is 163 Å². The number of hydrogen-bond acceptors (Lipinski definition) is 1. The van der Waals surface area contributed by atoms with Gasteiger partial charge in [-0.1, -0.05) is 79.3 Å². The quantitative estimate of drug-likeness (QED) is 0.505. The molecule has 3 aliphatic carbocycles. The number of carbonyl (C=O) groups is 1. The van der Waals surface area contributed by atoms with E-state index in [-0.39, 0.29) is 30.7 Å². The minimum atomic E-state index is -0.357. The van der Waals surface area contributed by atoms with E-state index >= 15 is 0 Å². The summed E-state index contributed by atoms with van der Waals surface area (Å²) in [6.07, 6.45) is 1.96. The SMILES string of the molecule is Cc1ccc(NC(=O)[C@]23CC[C@](C(Br)Br)([C@@H]2Br)C3(C)C)c(C)c1. The first-order chi connectivity index (χ1) is 10.6. The van der Waals surface area contributed by atoms with Crippen LogP contribution in [0, 0.1) is 30.1 Å². The maximum atomic E-state index is 13.2. The van der Waals surface area contributed by atoms with Crippen molar-refractivity contribution >= 4 is 59.4 Å². The van der Waals surface area contributed by atoms with Crippen LogP contribution in [0.15, 0.2) is 18.2 Å². The predicted molar refractivity (Wildman–Crippen MR) is 107 cm³/mol. The van der Waals surface area contributed by atoms with Gasteiger partial charge in [0, 0.05) is 15.9 Å². The van der Waals surface area contributed by atoms with Crippen LogP contribution in [0.5, 0.6) is 0 Å². The number of alkyl halides is 3. The molecular formula is C18H22Br3NO. The van der Waals surface area contributed by atoms with Crippen molar-refractivity contribution in [3.8, 4) is 0 Å². The molecule has 0 spiro atoms. The maximum absolute atomic E-state index is 13.2. The number of fused-ring (bicyclic) bond motifs is 1. The average Bonchev–Trinajstić information content (AvgIpc) is 2.91. The summed E-state index contributed by atoms with van der Waals surface area (Å²) in [6, 6.07) is 6.16. The van der Waals surface area contributed by atoms with Gasteiger partial charge in [0.05, 0.1) is 9.15 Å². The molecule has 0 aromatic heterocycles. The third-order valence-electron chi connectivity index (χ3n) is 6.52. The molecule has 0 radical (unpaired) electrons. The molecule has 0 heterocycles. The Balaban J connectivity index is 1.92. The molecule has 0 saturated heterocycles. The standard InChI is InChI=1S/C18H22Br3NO/c1-10-5-6-12(11(2)9-10)22-15(23)18-8-7-17(13(18)19,14(20)21)16(18,3)4/h5-6,9,13-14H,7-8H2,1-4H3,(H,22,23)/t13-,17+,18-/m0/s1. The Hall–Kier alpha value is 0.130. The summed E-state index contributed by atoms with van der Waals surface area (Å²) in [4.78, 5) is 13.4. The average molecular weight is 508 g/mol. The lowest BCUT2D eigenvalue weighted by Gasteiger charge is -2.66. The van der Waals surface area contributed by atoms with Crippen LogP contribution in [0.2, 0.25) is 0 Å². The Bertz CT molecular complexity index is 672. The number of amides is 1. The number of rotatable bonds is 3. The fraction of sp³-hybridized carbons (Fsp3) is 0.611. The first kappa shape index (κ1) is 17.9. The molecule has 3 atom stereocenters. The van der Waals surface area contributed by atoms with Crippen molar-refractivity contribution in [2.24, 2.45) is 16.2 Å². The fourth-order valence-corrected chi connectivity index (χ4v) is 9.80. The van der Waals surface area contributed by atoms with Crippen molar-refractivity contribution in [2.75, 3.05) is 5.32 Å². The molecule has 1 amide bonds. The monoisotopic (exact) mass is 505 g/mol. The molecule has 5 heteroatoms. The molecule has 126 valence electrons. The first-order valence-corrected chi connectivity index (χ1v) is 10.7. The summed E-state index contributed by atoms with van der Waals surface area (Å²) in [5, 5.41) is 3.20. The highest BCUT2D eigenvalue weighted by atomic mass is 79.9. The number of halogens is 3. The summed E-state index contributed by atoms with van der Waals surface area (Å²) in [6.45, 7) is 8.58. The van der Waals surface area contributed by atoms with Crippen molar-refractivity contribution in [2.45, 2.75) is 49.1 Å². The zero-order valence-corrected chi connectivity index (χ0v) is 18.6. The number of aryl methyl sites for hydroxylation is 2. The van der Waals surface area contributed by atoms with Crippen LogP contribution in [0.4, 0.5) is 5.69 Å². The lowest BCUT2D eigenvalue weighted by Crippen LogP contribution is -2.71. The Kier molecular flexibility index (Phi) is 4.34. The van der Waals surface area contributed by atoms with E-state index < -0.39 is 0 Å². The Morgan fingerprint density at radius 3 is 2.39 bits per heavy atom. The predicted octanol–water partition coefficient (Wildman–Crippen LogP) is 5.93. The van der Waals surface area contributed by atoms with E-state index in [0.29, 0.717) is 0 Å². The van der Waals surface area contributed by atoms with Crippen molar-refractivity contribution in [3.05, 3.63) is 29.3 Å². The molecule has 4 rings (SSSR count). The third kappa shape index (κ3) is 2.05. The van der Waals surface area contributed by atoms with Crippen LogP contribution in [0.25, 0.3) is 0 Å². The van der Waals surface area contributed by atoms with Crippen LogP contribution in [-0.4, -0.2) is 14.5 Å². The minimum absolute atomic E-state index is 0.0622. The van der Waals surface area contributed by atoms with E-state index in [0.717, 1.165) is 24.1 Å². The number of nitrogens with one attached hydrogen (secondary N) is 1. The molecule has 23 heavy (non-hydrogen) atoms. The molecule has 3 saturated carbocycles. The highest BCUT2D eigenvalue weighted by molar-refractivity contribution is 9.24. The van der Waals surface area contributed by atoms with Gasteiger partial charge in [0.2, 0.25) is 5.91 Å². The van der Waals surface area contributed by atoms with Crippen LogP contribution < -0.4 is 5.32 Å². The van der Waals surface area contributed by atoms with Crippen LogP contribution in [0.3, 0.4) is 0 Å². The molecule has 1 aromatic rings. The molecule has 2 nitrogen and oxygen atoms in total. The highest BCUT2D eigenvalue weighted by Gasteiger charge is 2.83. The van der Waals surface area contributed by atoms with Gasteiger partial charge in [-0.05, 0) is 43.7 Å². The van der Waals surface area contributed by atoms with Gasteiger partial charge in [-0.2, -0.15) is 0 Å². The Morgan fingerprint density at radius 1 is 1.26 bits per heavy atom. The second-order valence-corrected chi connectivity index (χ2v) is 11.5. The fourth-order valence-electron chi connectivity index (χ4n) is 4.89. The lowest BCUT2D eigenvalue weighted by molar-refractivity contribution is -0.155. The maximum Gasteiger partial charge on any atom is 0.232 e. The second kappa shape index (κ2) is 5.57. The molecule has 3 fully saturated rings. The number of benzene rings is 1. The second-order valence-electron chi connectivity index (χ2n) is 7.57. The topological polar surface area (TPSA) is 29.1 Å². The van der Waals surface area contributed by atoms with E-state index in [1.807, 2.05) is 19.1 Å². The number of anilines is 1. The van der Waals surface area contributed by atoms with E-state index in [1.54, 1.807) is 0 Å². The van der Waals surface area contributed by atoms with Crippen molar-refractivity contribution < 1.29 is 4.79 Å². The summed E-state index contributed by atoms with van der Waals surface area (Å²) < 4.78 is 0.200. The minimum Gasteiger partial charge on any atom is -0.325 e. The summed E-state index contributed by atoms with van der Waals surface area (Å²) >= 11 is 11.3. The zero-order chi connectivity index (χ0) is 17.2. The smallest absolute Gasteiger partial charge is 0.232 e. The molecular weight excluding hydrogens is 486 g/mol. The molecule has 3 aliphatic rings. The van der Waals surface area contributed by atoms with Gasteiger partial charge in [0.1, 0.15) is 0 Å². The number of hydrogen-bond donors (Lipinski definition) is 1. The van der Waals surface area contributed by atoms with E-state index in [1.165, 1.54) is 5.56 Å². The summed E-state index contributed by atoms with van der Waals surface area (Å²) in [5.74, 6) is 0.144. The van der Waals surface area contributed by atoms with E-state index in [2.05, 4.69) is 79.9 Å². The normalized spacial score (nSPS) is 34.3. The molecule has 1 N–H and O–H groups in total. The van der Waals surface area contributed by atoms with E-state index in [4.69, 9.17) is 0 Å². The Morgan fingerprint density at radius 2 is 1.91 bits per heavy atom. The van der Waals surface area contributed by atoms with Crippen molar-refractivity contribution in [1.82, 2.24) is 0 Å². The van der Waals surface area contributed by atoms with Gasteiger partial charge in [0.15, 0.2) is 0 Å². The molecule has 2 bridgehead atoms. The van der Waals surface area contributed by atoms with Gasteiger partial charge >= 0.3 is 0 Å². The number of carbonyl (C=O) groups excluding carboxylic acids is 1. The van der Waals surface area contributed by atoms with Crippen molar-refractivity contribution in [1.29, 1.82) is 0 Å². The third-order valence-corrected chi connectivity index (χ3v) is 9.75. The van der Waals surface area contributed by atoms with Gasteiger partial charge in [-0.3, -0.25) is 4.79 Å². The summed E-state index contributed by atoms with van der Waals surface area (Å²) in [5.41, 5.74) is 2.87.